The molecule has 1 aromatic carbocycles. The van der Waals surface area contributed by atoms with Crippen LogP contribution in [0.5, 0.6) is 5.75 Å². The molecule has 0 saturated heterocycles. The lowest BCUT2D eigenvalue weighted by Gasteiger charge is -2.25. The van der Waals surface area contributed by atoms with E-state index < -0.39 is 5.60 Å². The summed E-state index contributed by atoms with van der Waals surface area (Å²) in [6.45, 7) is 3.50. The van der Waals surface area contributed by atoms with Crippen LogP contribution in [0.15, 0.2) is 43.0 Å². The van der Waals surface area contributed by atoms with Gasteiger partial charge in [0.15, 0.2) is 5.60 Å². The Balaban J connectivity index is 2.19. The normalized spacial score (nSPS) is 11.2. The second-order valence-corrected chi connectivity index (χ2v) is 5.28. The van der Waals surface area contributed by atoms with E-state index in [1.807, 2.05) is 43.3 Å². The van der Waals surface area contributed by atoms with Crippen molar-refractivity contribution in [3.63, 3.8) is 0 Å². The lowest BCUT2D eigenvalue weighted by molar-refractivity contribution is 0.0487. The number of carbonyl (C=O) groups is 1. The summed E-state index contributed by atoms with van der Waals surface area (Å²) in [5, 5.41) is 0. The van der Waals surface area contributed by atoms with Gasteiger partial charge in [0.05, 0.1) is 0 Å². The molecule has 1 heterocycles. The van der Waals surface area contributed by atoms with Crippen LogP contribution >= 0.6 is 0 Å². The first kappa shape index (κ1) is 14.1. The molecule has 20 heavy (non-hydrogen) atoms. The predicted molar refractivity (Wildman–Crippen MR) is 78.3 cm³/mol. The monoisotopic (exact) mass is 273 g/mol. The number of carbonyl (C=O) groups excluding carboxylic acids is 1. The first-order valence-corrected chi connectivity index (χ1v) is 6.39. The molecule has 0 unspecified atom stereocenters. The Kier molecular flexibility index (Phi) is 3.79. The number of anilines is 1. The Bertz CT molecular complexity index is 589. The highest BCUT2D eigenvalue weighted by molar-refractivity contribution is 5.86. The molecule has 0 N–H and O–H groups in total. The van der Waals surface area contributed by atoms with Crippen LogP contribution in [-0.2, 0) is 0 Å². The van der Waals surface area contributed by atoms with Crippen LogP contribution in [-0.4, -0.2) is 35.2 Å². The number of hydrogen-bond donors (Lipinski definition) is 0. The van der Waals surface area contributed by atoms with Crippen LogP contribution < -0.4 is 9.64 Å². The molecule has 0 bridgehead atoms. The second-order valence-electron chi connectivity index (χ2n) is 5.28. The molecular formula is C15H19N3O2. The van der Waals surface area contributed by atoms with Gasteiger partial charge in [-0.15, -0.1) is 0 Å². The molecule has 0 radical (unpaired) electrons. The molecule has 0 saturated carbocycles. The van der Waals surface area contributed by atoms with Gasteiger partial charge in [-0.05, 0) is 26.0 Å². The number of hydrogen-bond acceptors (Lipinski definition) is 4. The van der Waals surface area contributed by atoms with Gasteiger partial charge in [-0.2, -0.15) is 0 Å². The van der Waals surface area contributed by atoms with E-state index in [9.17, 15) is 4.79 Å². The van der Waals surface area contributed by atoms with Gasteiger partial charge in [-0.3, -0.25) is 9.36 Å². The zero-order chi connectivity index (χ0) is 14.8. The number of rotatable bonds is 4. The second kappa shape index (κ2) is 5.36. The largest absolute Gasteiger partial charge is 0.478 e. The molecule has 2 rings (SSSR count). The molecule has 0 atom stereocenters. The van der Waals surface area contributed by atoms with Crippen LogP contribution in [0.25, 0.3) is 0 Å². The average molecular weight is 273 g/mol. The minimum atomic E-state index is -0.967. The molecule has 5 nitrogen and oxygen atoms in total. The third-order valence-corrected chi connectivity index (χ3v) is 2.96. The van der Waals surface area contributed by atoms with Crippen molar-refractivity contribution in [3.05, 3.63) is 43.0 Å². The highest BCUT2D eigenvalue weighted by atomic mass is 16.5. The van der Waals surface area contributed by atoms with Crippen LogP contribution in [0.1, 0.15) is 18.6 Å². The van der Waals surface area contributed by atoms with Gasteiger partial charge in [0.1, 0.15) is 12.1 Å². The summed E-state index contributed by atoms with van der Waals surface area (Å²) in [7, 11) is 3.92. The summed E-state index contributed by atoms with van der Waals surface area (Å²) < 4.78 is 7.28. The maximum Gasteiger partial charge on any atom is 0.275 e. The van der Waals surface area contributed by atoms with Crippen LogP contribution in [0.3, 0.4) is 0 Å². The van der Waals surface area contributed by atoms with E-state index in [2.05, 4.69) is 4.98 Å². The predicted octanol–water partition coefficient (Wildman–Crippen LogP) is 2.45. The SMILES string of the molecule is CN(C)c1cccc(OC(C)(C)C(=O)n2ccnc2)c1. The van der Waals surface area contributed by atoms with Crippen LogP contribution in [0.4, 0.5) is 5.69 Å². The number of ether oxygens (including phenoxy) is 1. The van der Waals surface area contributed by atoms with Crippen LogP contribution in [0, 0.1) is 0 Å². The molecule has 0 amide bonds. The summed E-state index contributed by atoms with van der Waals surface area (Å²) in [5.74, 6) is 0.500. The summed E-state index contributed by atoms with van der Waals surface area (Å²) in [6, 6.07) is 7.64. The summed E-state index contributed by atoms with van der Waals surface area (Å²) in [4.78, 5) is 18.2. The average Bonchev–Trinajstić information content (AvgIpc) is 2.91. The lowest BCUT2D eigenvalue weighted by atomic mass is 10.1. The van der Waals surface area contributed by atoms with Gasteiger partial charge < -0.3 is 9.64 Å². The van der Waals surface area contributed by atoms with Crippen LogP contribution in [0.2, 0.25) is 0 Å². The topological polar surface area (TPSA) is 47.4 Å². The minimum absolute atomic E-state index is 0.162. The first-order valence-electron chi connectivity index (χ1n) is 6.39. The van der Waals surface area contributed by atoms with E-state index in [1.54, 1.807) is 26.2 Å². The molecule has 1 aromatic heterocycles. The van der Waals surface area contributed by atoms with E-state index in [1.165, 1.54) is 10.9 Å². The molecule has 2 aromatic rings. The third-order valence-electron chi connectivity index (χ3n) is 2.96. The Morgan fingerprint density at radius 1 is 1.35 bits per heavy atom. The molecule has 0 spiro atoms. The Morgan fingerprint density at radius 2 is 2.10 bits per heavy atom. The highest BCUT2D eigenvalue weighted by Gasteiger charge is 2.31. The van der Waals surface area contributed by atoms with E-state index in [0.717, 1.165) is 5.69 Å². The Hall–Kier alpha value is -2.30. The fraction of sp³-hybridized carbons (Fsp3) is 0.333. The first-order chi connectivity index (χ1) is 9.40. The zero-order valence-electron chi connectivity index (χ0n) is 12.2. The van der Waals surface area contributed by atoms with Gasteiger partial charge in [0.2, 0.25) is 0 Å². The standard InChI is InChI=1S/C15H19N3O2/c1-15(2,14(19)18-9-8-16-11-18)20-13-7-5-6-12(10-13)17(3)4/h5-11H,1-4H3. The van der Waals surface area contributed by atoms with Crippen molar-refractivity contribution in [1.82, 2.24) is 9.55 Å². The molecule has 0 aliphatic heterocycles. The Morgan fingerprint density at radius 3 is 2.70 bits per heavy atom. The van der Waals surface area contributed by atoms with Crippen molar-refractivity contribution >= 4 is 11.6 Å². The highest BCUT2D eigenvalue weighted by Crippen LogP contribution is 2.24. The van der Waals surface area contributed by atoms with E-state index >= 15 is 0 Å². The van der Waals surface area contributed by atoms with Gasteiger partial charge in [-0.25, -0.2) is 4.98 Å². The quantitative estimate of drug-likeness (QED) is 0.858. The maximum absolute atomic E-state index is 12.3. The maximum atomic E-state index is 12.3. The summed E-state index contributed by atoms with van der Waals surface area (Å²) in [5.41, 5.74) is 0.0550. The number of nitrogens with zero attached hydrogens (tertiary/aromatic N) is 3. The van der Waals surface area contributed by atoms with Gasteiger partial charge in [0.25, 0.3) is 5.91 Å². The van der Waals surface area contributed by atoms with E-state index in [4.69, 9.17) is 4.74 Å². The number of imidazole rings is 1. The van der Waals surface area contributed by atoms with Crippen molar-refractivity contribution < 1.29 is 9.53 Å². The number of benzene rings is 1. The van der Waals surface area contributed by atoms with Crippen molar-refractivity contribution in [2.45, 2.75) is 19.4 Å². The minimum Gasteiger partial charge on any atom is -0.478 e. The van der Waals surface area contributed by atoms with Crippen molar-refractivity contribution in [2.24, 2.45) is 0 Å². The Labute approximate surface area is 118 Å². The number of aromatic nitrogens is 2. The molecule has 0 fully saturated rings. The summed E-state index contributed by atoms with van der Waals surface area (Å²) >= 11 is 0. The molecule has 0 aliphatic rings. The van der Waals surface area contributed by atoms with E-state index in [-0.39, 0.29) is 5.91 Å². The van der Waals surface area contributed by atoms with Gasteiger partial charge in [-0.1, -0.05) is 6.07 Å². The smallest absolute Gasteiger partial charge is 0.275 e. The van der Waals surface area contributed by atoms with Gasteiger partial charge >= 0.3 is 0 Å². The summed E-state index contributed by atoms with van der Waals surface area (Å²) in [6.07, 6.45) is 4.66. The molecule has 5 heteroatoms. The fourth-order valence-electron chi connectivity index (χ4n) is 1.85. The molecule has 106 valence electrons. The molecule has 0 aliphatic carbocycles. The van der Waals surface area contributed by atoms with Crippen molar-refractivity contribution in [3.8, 4) is 5.75 Å². The zero-order valence-corrected chi connectivity index (χ0v) is 12.2. The molecular weight excluding hydrogens is 254 g/mol. The van der Waals surface area contributed by atoms with E-state index in [0.29, 0.717) is 5.75 Å². The lowest BCUT2D eigenvalue weighted by Crippen LogP contribution is -2.41. The van der Waals surface area contributed by atoms with Crippen molar-refractivity contribution in [1.29, 1.82) is 0 Å². The van der Waals surface area contributed by atoms with Crippen molar-refractivity contribution in [2.75, 3.05) is 19.0 Å². The fourth-order valence-corrected chi connectivity index (χ4v) is 1.85. The van der Waals surface area contributed by atoms with Gasteiger partial charge in [0, 0.05) is 38.2 Å². The third kappa shape index (κ3) is 2.99.